The minimum atomic E-state index is -0.133. The second kappa shape index (κ2) is 12.7. The fraction of sp³-hybridized carbons (Fsp3) is 0.0545. The zero-order valence-electron chi connectivity index (χ0n) is 32.5. The van der Waals surface area contributed by atoms with Gasteiger partial charge in [0, 0.05) is 43.7 Å². The Bertz CT molecular complexity index is 3350. The third-order valence-electron chi connectivity index (χ3n) is 12.3. The molecule has 0 radical (unpaired) electrons. The fourth-order valence-corrected chi connectivity index (χ4v) is 9.24. The molecule has 0 saturated carbocycles. The van der Waals surface area contributed by atoms with Gasteiger partial charge < -0.3 is 8.83 Å². The summed E-state index contributed by atoms with van der Waals surface area (Å²) in [6, 6.07) is 64.4. The highest BCUT2D eigenvalue weighted by Crippen LogP contribution is 2.49. The Morgan fingerprint density at radius 2 is 0.847 bits per heavy atom. The standard InChI is InChI=1S/C55H36N2O2/c1-55(2)46-17-9-6-14-40(46)41-23-20-36(31-47(41)55)48-32-49(57-54(56-48)33-12-4-3-5-13-33)39-27-37(34-21-24-52-44(29-34)42-15-7-10-18-50(42)58-52)26-38(28-39)35-22-25-53-45(30-35)43-16-8-11-19-51(43)59-53/h3-32H,1-2H3. The van der Waals surface area contributed by atoms with Crippen LogP contribution in [-0.2, 0) is 5.41 Å². The average molecular weight is 757 g/mol. The van der Waals surface area contributed by atoms with Crippen molar-refractivity contribution < 1.29 is 8.83 Å². The number of benzene rings is 8. The summed E-state index contributed by atoms with van der Waals surface area (Å²) in [7, 11) is 0. The molecule has 0 unspecified atom stereocenters. The molecule has 11 aromatic rings. The molecule has 3 heterocycles. The van der Waals surface area contributed by atoms with Crippen LogP contribution in [0.5, 0.6) is 0 Å². The molecule has 1 aliphatic carbocycles. The second-order valence-corrected chi connectivity index (χ2v) is 16.2. The zero-order valence-corrected chi connectivity index (χ0v) is 32.5. The molecule has 59 heavy (non-hydrogen) atoms. The summed E-state index contributed by atoms with van der Waals surface area (Å²) in [6.07, 6.45) is 0. The number of hydrogen-bond donors (Lipinski definition) is 0. The number of rotatable bonds is 5. The first-order valence-electron chi connectivity index (χ1n) is 20.1. The molecule has 0 aliphatic heterocycles. The van der Waals surface area contributed by atoms with Crippen LogP contribution in [0.2, 0.25) is 0 Å². The maximum Gasteiger partial charge on any atom is 0.160 e. The molecule has 0 saturated heterocycles. The van der Waals surface area contributed by atoms with Gasteiger partial charge in [-0.05, 0) is 111 Å². The fourth-order valence-electron chi connectivity index (χ4n) is 9.24. The van der Waals surface area contributed by atoms with Crippen molar-refractivity contribution in [1.82, 2.24) is 9.97 Å². The van der Waals surface area contributed by atoms with Crippen LogP contribution in [0.3, 0.4) is 0 Å². The van der Waals surface area contributed by atoms with Gasteiger partial charge in [-0.15, -0.1) is 0 Å². The van der Waals surface area contributed by atoms with Crippen LogP contribution in [0.4, 0.5) is 0 Å². The third kappa shape index (κ3) is 5.37. The van der Waals surface area contributed by atoms with Crippen LogP contribution >= 0.6 is 0 Å². The van der Waals surface area contributed by atoms with Crippen molar-refractivity contribution in [3.05, 3.63) is 193 Å². The van der Waals surface area contributed by atoms with Crippen LogP contribution in [0.15, 0.2) is 191 Å². The summed E-state index contributed by atoms with van der Waals surface area (Å²) < 4.78 is 12.5. The Hall–Kier alpha value is -7.56. The molecule has 278 valence electrons. The lowest BCUT2D eigenvalue weighted by molar-refractivity contribution is 0.660. The molecular weight excluding hydrogens is 721 g/mol. The van der Waals surface area contributed by atoms with Gasteiger partial charge in [0.05, 0.1) is 11.4 Å². The predicted octanol–water partition coefficient (Wildman–Crippen LogP) is 14.9. The number of para-hydroxylation sites is 2. The Balaban J connectivity index is 1.08. The summed E-state index contributed by atoms with van der Waals surface area (Å²) in [6.45, 7) is 4.64. The number of hydrogen-bond acceptors (Lipinski definition) is 4. The van der Waals surface area contributed by atoms with Crippen molar-refractivity contribution in [1.29, 1.82) is 0 Å². The molecule has 0 N–H and O–H groups in total. The lowest BCUT2D eigenvalue weighted by atomic mass is 9.82. The molecule has 3 aromatic heterocycles. The highest BCUT2D eigenvalue weighted by Gasteiger charge is 2.35. The van der Waals surface area contributed by atoms with Crippen molar-refractivity contribution >= 4 is 43.9 Å². The highest BCUT2D eigenvalue weighted by molar-refractivity contribution is 6.08. The van der Waals surface area contributed by atoms with Crippen molar-refractivity contribution in [2.45, 2.75) is 19.3 Å². The third-order valence-corrected chi connectivity index (χ3v) is 12.3. The maximum atomic E-state index is 6.24. The van der Waals surface area contributed by atoms with E-state index in [4.69, 9.17) is 18.8 Å². The minimum absolute atomic E-state index is 0.133. The van der Waals surface area contributed by atoms with Gasteiger partial charge in [0.2, 0.25) is 0 Å². The van der Waals surface area contributed by atoms with E-state index in [0.29, 0.717) is 5.82 Å². The zero-order chi connectivity index (χ0) is 39.2. The van der Waals surface area contributed by atoms with E-state index in [1.165, 1.54) is 22.3 Å². The van der Waals surface area contributed by atoms with Gasteiger partial charge in [-0.1, -0.05) is 129 Å². The predicted molar refractivity (Wildman–Crippen MR) is 241 cm³/mol. The van der Waals surface area contributed by atoms with Crippen LogP contribution in [0.1, 0.15) is 25.0 Å². The van der Waals surface area contributed by atoms with Gasteiger partial charge in [0.25, 0.3) is 0 Å². The van der Waals surface area contributed by atoms with E-state index in [2.05, 4.69) is 153 Å². The van der Waals surface area contributed by atoms with Gasteiger partial charge in [-0.25, -0.2) is 9.97 Å². The van der Waals surface area contributed by atoms with Crippen molar-refractivity contribution in [2.24, 2.45) is 0 Å². The number of fused-ring (bicyclic) bond motifs is 9. The SMILES string of the molecule is CC1(C)c2ccccc2-c2ccc(-c3cc(-c4cc(-c5ccc6oc7ccccc7c6c5)cc(-c5ccc6oc7ccccc7c6c5)c4)nc(-c4ccccc4)n3)cc21. The first-order valence-corrected chi connectivity index (χ1v) is 20.1. The molecule has 12 rings (SSSR count). The molecule has 0 fully saturated rings. The van der Waals surface area contributed by atoms with E-state index < -0.39 is 0 Å². The first-order chi connectivity index (χ1) is 28.9. The second-order valence-electron chi connectivity index (χ2n) is 16.2. The average Bonchev–Trinajstić information content (AvgIpc) is 3.93. The van der Waals surface area contributed by atoms with E-state index in [1.807, 2.05) is 42.5 Å². The van der Waals surface area contributed by atoms with Crippen LogP contribution < -0.4 is 0 Å². The maximum absolute atomic E-state index is 6.24. The molecule has 0 bridgehead atoms. The van der Waals surface area contributed by atoms with Crippen LogP contribution in [-0.4, -0.2) is 9.97 Å². The van der Waals surface area contributed by atoms with E-state index in [-0.39, 0.29) is 5.41 Å². The summed E-state index contributed by atoms with van der Waals surface area (Å²) in [5.41, 5.74) is 17.8. The molecule has 0 amide bonds. The van der Waals surface area contributed by atoms with E-state index in [1.54, 1.807) is 0 Å². The number of aromatic nitrogens is 2. The smallest absolute Gasteiger partial charge is 0.160 e. The minimum Gasteiger partial charge on any atom is -0.456 e. The quantitative estimate of drug-likeness (QED) is 0.175. The van der Waals surface area contributed by atoms with Crippen LogP contribution in [0, 0.1) is 0 Å². The van der Waals surface area contributed by atoms with Gasteiger partial charge >= 0.3 is 0 Å². The summed E-state index contributed by atoms with van der Waals surface area (Å²) in [4.78, 5) is 10.6. The van der Waals surface area contributed by atoms with Gasteiger partial charge in [0.15, 0.2) is 5.82 Å². The van der Waals surface area contributed by atoms with Gasteiger partial charge in [-0.2, -0.15) is 0 Å². The summed E-state index contributed by atoms with van der Waals surface area (Å²) in [5, 5.41) is 4.39. The van der Waals surface area contributed by atoms with E-state index in [0.717, 1.165) is 94.2 Å². The largest absolute Gasteiger partial charge is 0.456 e. The normalized spacial score (nSPS) is 13.1. The summed E-state index contributed by atoms with van der Waals surface area (Å²) >= 11 is 0. The highest BCUT2D eigenvalue weighted by atomic mass is 16.3. The Kier molecular flexibility index (Phi) is 7.24. The van der Waals surface area contributed by atoms with Gasteiger partial charge in [-0.3, -0.25) is 0 Å². The van der Waals surface area contributed by atoms with Crippen molar-refractivity contribution in [2.75, 3.05) is 0 Å². The van der Waals surface area contributed by atoms with Crippen molar-refractivity contribution in [3.63, 3.8) is 0 Å². The molecule has 1 aliphatic rings. The molecule has 0 atom stereocenters. The first kappa shape index (κ1) is 33.6. The Labute approximate surface area is 341 Å². The lowest BCUT2D eigenvalue weighted by Gasteiger charge is -2.22. The molecule has 4 heteroatoms. The molecular formula is C55H36N2O2. The summed E-state index contributed by atoms with van der Waals surface area (Å²) in [5.74, 6) is 0.686. The Morgan fingerprint density at radius 1 is 0.339 bits per heavy atom. The van der Waals surface area contributed by atoms with Crippen molar-refractivity contribution in [3.8, 4) is 67.3 Å². The molecule has 4 nitrogen and oxygen atoms in total. The monoisotopic (exact) mass is 756 g/mol. The lowest BCUT2D eigenvalue weighted by Crippen LogP contribution is -2.14. The molecule has 8 aromatic carbocycles. The van der Waals surface area contributed by atoms with E-state index in [9.17, 15) is 0 Å². The topological polar surface area (TPSA) is 52.1 Å². The van der Waals surface area contributed by atoms with Gasteiger partial charge in [0.1, 0.15) is 22.3 Å². The van der Waals surface area contributed by atoms with E-state index >= 15 is 0 Å². The Morgan fingerprint density at radius 3 is 1.51 bits per heavy atom. The number of furan rings is 2. The number of nitrogens with zero attached hydrogens (tertiary/aromatic N) is 2. The van der Waals surface area contributed by atoms with Crippen LogP contribution in [0.25, 0.3) is 111 Å². The molecule has 0 spiro atoms.